The van der Waals surface area contributed by atoms with Gasteiger partial charge in [0.25, 0.3) is 0 Å². The molecule has 4 aliphatic carbocycles. The molecule has 5 aliphatic rings. The van der Waals surface area contributed by atoms with Gasteiger partial charge in [0, 0.05) is 6.42 Å². The van der Waals surface area contributed by atoms with Gasteiger partial charge in [0.2, 0.25) is 11.2 Å². The van der Waals surface area contributed by atoms with Crippen molar-refractivity contribution in [3.63, 3.8) is 0 Å². The van der Waals surface area contributed by atoms with Crippen molar-refractivity contribution < 1.29 is 34.1 Å². The summed E-state index contributed by atoms with van der Waals surface area (Å²) in [5, 5.41) is 23.7. The van der Waals surface area contributed by atoms with Gasteiger partial charge in [-0.05, 0) is 79.7 Å². The molecule has 12 nitrogen and oxygen atoms in total. The molecule has 0 radical (unpaired) electrons. The summed E-state index contributed by atoms with van der Waals surface area (Å²) in [5.41, 5.74) is 0.498. The van der Waals surface area contributed by atoms with Crippen LogP contribution in [0.15, 0.2) is 6.33 Å². The number of nitrogens with one attached hydrogen (secondary N) is 1. The lowest BCUT2D eigenvalue weighted by Gasteiger charge is -2.56. The van der Waals surface area contributed by atoms with E-state index in [2.05, 4.69) is 20.3 Å². The van der Waals surface area contributed by atoms with Crippen molar-refractivity contribution in [2.75, 3.05) is 11.5 Å². The number of hydrogen-bond acceptors (Lipinski definition) is 8. The molecule has 7 rings (SSSR count). The molecule has 4 bridgehead atoms. The van der Waals surface area contributed by atoms with Crippen LogP contribution in [0.1, 0.15) is 57.6 Å². The van der Waals surface area contributed by atoms with Gasteiger partial charge in [0.15, 0.2) is 23.2 Å². The van der Waals surface area contributed by atoms with Gasteiger partial charge < -0.3 is 30.1 Å². The smallest absolute Gasteiger partial charge is 0.325 e. The minimum absolute atomic E-state index is 0.0498. The molecule has 37 heavy (non-hydrogen) atoms. The standard InChI is InChI=1S/C23H31ClN5O7P/c24-22-27-19(26-15(30)9-23-6-11-3-12(7-23)5-13(4-11)8-23)16-20(28-22)29(10-25-16)21-18(32)17(31)14(36-21)1-2-37(33,34)35/h10-14,17-18,21,31-32H,1-9H2,(H2,33,34,35)(H,26,27,28,30)/t11?,12?,13?,14-,17?,18?,21-,23?/m1/s1. The first-order valence-corrected chi connectivity index (χ1v) is 14.9. The third kappa shape index (κ3) is 4.93. The zero-order valence-corrected chi connectivity index (χ0v) is 21.8. The molecule has 4 saturated carbocycles. The largest absolute Gasteiger partial charge is 0.388 e. The Labute approximate surface area is 218 Å². The molecule has 2 unspecified atom stereocenters. The molecule has 14 heteroatoms. The highest BCUT2D eigenvalue weighted by atomic mass is 35.5. The van der Waals surface area contributed by atoms with Gasteiger partial charge in [0.05, 0.1) is 18.6 Å². The van der Waals surface area contributed by atoms with E-state index >= 15 is 0 Å². The van der Waals surface area contributed by atoms with Gasteiger partial charge in [-0.2, -0.15) is 9.97 Å². The fourth-order valence-electron chi connectivity index (χ4n) is 7.68. The van der Waals surface area contributed by atoms with Crippen LogP contribution < -0.4 is 5.32 Å². The van der Waals surface area contributed by atoms with Gasteiger partial charge >= 0.3 is 7.60 Å². The summed E-state index contributed by atoms with van der Waals surface area (Å²) in [6.07, 6.45) is 3.43. The zero-order chi connectivity index (χ0) is 26.1. The quantitative estimate of drug-likeness (QED) is 0.251. The summed E-state index contributed by atoms with van der Waals surface area (Å²) in [6.45, 7) is 0. The molecular weight excluding hydrogens is 525 g/mol. The number of halogens is 1. The number of nitrogens with zero attached hydrogens (tertiary/aromatic N) is 4. The Morgan fingerprint density at radius 3 is 2.41 bits per heavy atom. The summed E-state index contributed by atoms with van der Waals surface area (Å²) < 4.78 is 18.4. The molecule has 1 saturated heterocycles. The number of imidazole rings is 1. The van der Waals surface area contributed by atoms with Crippen LogP contribution >= 0.6 is 19.2 Å². The van der Waals surface area contributed by atoms with E-state index < -0.39 is 38.3 Å². The van der Waals surface area contributed by atoms with Crippen molar-refractivity contribution in [3.05, 3.63) is 11.6 Å². The highest BCUT2D eigenvalue weighted by Gasteiger charge is 2.51. The molecule has 1 amide bonds. The molecule has 3 heterocycles. The van der Waals surface area contributed by atoms with Crippen molar-refractivity contribution >= 4 is 42.1 Å². The van der Waals surface area contributed by atoms with Crippen molar-refractivity contribution in [1.82, 2.24) is 19.5 Å². The Bertz CT molecular complexity index is 1230. The van der Waals surface area contributed by atoms with E-state index in [1.54, 1.807) is 0 Å². The number of hydrogen-bond donors (Lipinski definition) is 5. The third-order valence-electron chi connectivity index (χ3n) is 8.67. The minimum atomic E-state index is -4.30. The number of aliphatic hydroxyl groups excluding tert-OH is 2. The van der Waals surface area contributed by atoms with Crippen LogP contribution in [0.3, 0.4) is 0 Å². The Balaban J connectivity index is 1.21. The van der Waals surface area contributed by atoms with Crippen LogP contribution in [0.25, 0.3) is 11.2 Å². The maximum Gasteiger partial charge on any atom is 0.325 e. The van der Waals surface area contributed by atoms with E-state index in [1.165, 1.54) is 30.2 Å². The normalized spacial score (nSPS) is 36.9. The summed E-state index contributed by atoms with van der Waals surface area (Å²) >= 11 is 6.18. The molecule has 1 aliphatic heterocycles. The van der Waals surface area contributed by atoms with E-state index in [9.17, 15) is 19.6 Å². The summed E-state index contributed by atoms with van der Waals surface area (Å²) in [4.78, 5) is 44.2. The lowest BCUT2D eigenvalue weighted by Crippen LogP contribution is -2.47. The van der Waals surface area contributed by atoms with Crippen LogP contribution in [0, 0.1) is 23.2 Å². The second-order valence-electron chi connectivity index (χ2n) is 11.5. The van der Waals surface area contributed by atoms with Crippen LogP contribution in [-0.4, -0.2) is 69.9 Å². The van der Waals surface area contributed by atoms with E-state index in [-0.39, 0.29) is 40.0 Å². The average Bonchev–Trinajstić information content (AvgIpc) is 3.31. The molecule has 0 spiro atoms. The van der Waals surface area contributed by atoms with Crippen LogP contribution in [0.5, 0.6) is 0 Å². The number of rotatable bonds is 7. The van der Waals surface area contributed by atoms with Gasteiger partial charge in [0.1, 0.15) is 12.2 Å². The SMILES string of the molecule is O=C(CC12CC3CC(CC(C3)C1)C2)Nc1nc(Cl)nc2c1ncn2[C@@H]1O[C@H](CCP(=O)(O)O)C(O)C1O. The van der Waals surface area contributed by atoms with E-state index in [0.717, 1.165) is 37.0 Å². The van der Waals surface area contributed by atoms with E-state index in [0.29, 0.717) is 6.42 Å². The van der Waals surface area contributed by atoms with Crippen LogP contribution in [-0.2, 0) is 14.1 Å². The summed E-state index contributed by atoms with van der Waals surface area (Å²) in [5.74, 6) is 2.21. The first-order chi connectivity index (χ1) is 17.5. The number of amides is 1. The Morgan fingerprint density at radius 1 is 1.14 bits per heavy atom. The zero-order valence-electron chi connectivity index (χ0n) is 20.1. The van der Waals surface area contributed by atoms with Crippen LogP contribution in [0.2, 0.25) is 5.28 Å². The molecule has 2 aromatic heterocycles. The Hall–Kier alpha value is -1.66. The number of fused-ring (bicyclic) bond motifs is 1. The van der Waals surface area contributed by atoms with E-state index in [4.69, 9.17) is 26.1 Å². The minimum Gasteiger partial charge on any atom is -0.388 e. The number of anilines is 1. The van der Waals surface area contributed by atoms with Gasteiger partial charge in [-0.3, -0.25) is 13.9 Å². The number of carbonyl (C=O) groups is 1. The molecule has 0 aromatic carbocycles. The predicted octanol–water partition coefficient (Wildman–Crippen LogP) is 2.21. The molecule has 5 N–H and O–H groups in total. The first kappa shape index (κ1) is 25.6. The van der Waals surface area contributed by atoms with Crippen molar-refractivity contribution in [2.24, 2.45) is 23.2 Å². The third-order valence-corrected chi connectivity index (χ3v) is 9.68. The lowest BCUT2D eigenvalue weighted by molar-refractivity contribution is -0.124. The summed E-state index contributed by atoms with van der Waals surface area (Å²) in [6, 6.07) is 0. The van der Waals surface area contributed by atoms with Crippen molar-refractivity contribution in [1.29, 1.82) is 0 Å². The van der Waals surface area contributed by atoms with Crippen molar-refractivity contribution in [2.45, 2.75) is 75.9 Å². The lowest BCUT2D eigenvalue weighted by atomic mass is 9.49. The Kier molecular flexibility index (Phi) is 6.38. The van der Waals surface area contributed by atoms with Crippen molar-refractivity contribution in [3.8, 4) is 0 Å². The molecule has 2 aromatic rings. The molecule has 4 atom stereocenters. The summed E-state index contributed by atoms with van der Waals surface area (Å²) in [7, 11) is -4.30. The van der Waals surface area contributed by atoms with Gasteiger partial charge in [-0.15, -0.1) is 0 Å². The fourth-order valence-corrected chi connectivity index (χ4v) is 8.44. The highest BCUT2D eigenvalue weighted by Crippen LogP contribution is 2.61. The topological polar surface area (TPSA) is 180 Å². The fraction of sp³-hybridized carbons (Fsp3) is 0.739. The van der Waals surface area contributed by atoms with E-state index in [1.807, 2.05) is 0 Å². The van der Waals surface area contributed by atoms with Gasteiger partial charge in [-0.25, -0.2) is 4.98 Å². The maximum absolute atomic E-state index is 13.2. The maximum atomic E-state index is 13.2. The number of carbonyl (C=O) groups excluding carboxylic acids is 1. The predicted molar refractivity (Wildman–Crippen MR) is 132 cm³/mol. The Morgan fingerprint density at radius 2 is 1.78 bits per heavy atom. The molecular formula is C23H31ClN5O7P. The molecule has 5 fully saturated rings. The second-order valence-corrected chi connectivity index (χ2v) is 13.6. The number of ether oxygens (including phenoxy) is 1. The van der Waals surface area contributed by atoms with Crippen LogP contribution in [0.4, 0.5) is 5.82 Å². The average molecular weight is 556 g/mol. The second kappa shape index (κ2) is 9.22. The van der Waals surface area contributed by atoms with Gasteiger partial charge in [-0.1, -0.05) is 0 Å². The number of aromatic nitrogens is 4. The first-order valence-electron chi connectivity index (χ1n) is 12.7. The number of aliphatic hydroxyl groups is 2. The molecule has 202 valence electrons. The monoisotopic (exact) mass is 555 g/mol. The highest BCUT2D eigenvalue weighted by molar-refractivity contribution is 7.51.